The van der Waals surface area contributed by atoms with Crippen molar-refractivity contribution in [3.8, 4) is 0 Å². The molecule has 0 aromatic rings. The van der Waals surface area contributed by atoms with Gasteiger partial charge in [0, 0.05) is 25.2 Å². The van der Waals surface area contributed by atoms with Crippen LogP contribution in [-0.4, -0.2) is 43.3 Å². The Labute approximate surface area is 116 Å². The van der Waals surface area contributed by atoms with E-state index in [2.05, 4.69) is 19.2 Å². The number of carbonyl (C=O) groups excluding carboxylic acids is 1. The SMILES string of the molecule is COC(=O)N1CCC(NC2C[C@@H](C)C[C@H](C)C2)CC1. The molecule has 1 amide bonds. The van der Waals surface area contributed by atoms with Crippen molar-refractivity contribution in [3.63, 3.8) is 0 Å². The zero-order valence-electron chi connectivity index (χ0n) is 12.5. The summed E-state index contributed by atoms with van der Waals surface area (Å²) in [5, 5.41) is 3.82. The van der Waals surface area contributed by atoms with Crippen molar-refractivity contribution in [2.75, 3.05) is 20.2 Å². The average molecular weight is 268 g/mol. The Bertz CT molecular complexity index is 291. The number of carbonyl (C=O) groups is 1. The molecule has 0 aromatic carbocycles. The maximum atomic E-state index is 11.4. The smallest absolute Gasteiger partial charge is 0.409 e. The lowest BCUT2D eigenvalue weighted by atomic mass is 9.80. The molecule has 1 aliphatic carbocycles. The fraction of sp³-hybridized carbons (Fsp3) is 0.933. The standard InChI is InChI=1S/C15H28N2O2/c1-11-8-12(2)10-14(9-11)16-13-4-6-17(7-5-13)15(18)19-3/h11-14,16H,4-10H2,1-3H3/t11-,12-/m0/s1. The van der Waals surface area contributed by atoms with Crippen LogP contribution in [-0.2, 0) is 4.74 Å². The summed E-state index contributed by atoms with van der Waals surface area (Å²) in [6.45, 7) is 6.37. The van der Waals surface area contributed by atoms with Gasteiger partial charge in [0.15, 0.2) is 0 Å². The van der Waals surface area contributed by atoms with Crippen molar-refractivity contribution < 1.29 is 9.53 Å². The highest BCUT2D eigenvalue weighted by Gasteiger charge is 2.28. The molecule has 19 heavy (non-hydrogen) atoms. The third-order valence-corrected chi connectivity index (χ3v) is 4.58. The molecular weight excluding hydrogens is 240 g/mol. The maximum Gasteiger partial charge on any atom is 0.409 e. The predicted molar refractivity (Wildman–Crippen MR) is 76.1 cm³/mol. The van der Waals surface area contributed by atoms with E-state index < -0.39 is 0 Å². The Morgan fingerprint density at radius 1 is 1.05 bits per heavy atom. The van der Waals surface area contributed by atoms with Crippen LogP contribution < -0.4 is 5.32 Å². The zero-order valence-corrected chi connectivity index (χ0v) is 12.5. The number of ether oxygens (including phenoxy) is 1. The monoisotopic (exact) mass is 268 g/mol. The van der Waals surface area contributed by atoms with Crippen LogP contribution in [0, 0.1) is 11.8 Å². The van der Waals surface area contributed by atoms with Crippen LogP contribution in [0.25, 0.3) is 0 Å². The van der Waals surface area contributed by atoms with E-state index in [1.807, 2.05) is 4.90 Å². The van der Waals surface area contributed by atoms with Crippen molar-refractivity contribution in [1.82, 2.24) is 10.2 Å². The van der Waals surface area contributed by atoms with Crippen LogP contribution in [0.2, 0.25) is 0 Å². The number of nitrogens with zero attached hydrogens (tertiary/aromatic N) is 1. The molecule has 2 rings (SSSR count). The van der Waals surface area contributed by atoms with Gasteiger partial charge in [0.2, 0.25) is 0 Å². The van der Waals surface area contributed by atoms with E-state index in [0.29, 0.717) is 12.1 Å². The predicted octanol–water partition coefficient (Wildman–Crippen LogP) is 2.63. The summed E-state index contributed by atoms with van der Waals surface area (Å²) in [6, 6.07) is 1.25. The molecule has 0 spiro atoms. The number of hydrogen-bond donors (Lipinski definition) is 1. The van der Waals surface area contributed by atoms with Gasteiger partial charge in [0.05, 0.1) is 7.11 Å². The first kappa shape index (κ1) is 14.6. The van der Waals surface area contributed by atoms with Gasteiger partial charge in [0.25, 0.3) is 0 Å². The highest BCUT2D eigenvalue weighted by atomic mass is 16.5. The lowest BCUT2D eigenvalue weighted by Crippen LogP contribution is -2.49. The zero-order chi connectivity index (χ0) is 13.8. The molecule has 2 fully saturated rings. The highest BCUT2D eigenvalue weighted by Crippen LogP contribution is 2.29. The Hall–Kier alpha value is -0.770. The van der Waals surface area contributed by atoms with Gasteiger partial charge in [-0.15, -0.1) is 0 Å². The summed E-state index contributed by atoms with van der Waals surface area (Å²) in [6.07, 6.45) is 5.91. The minimum absolute atomic E-state index is 0.182. The molecule has 0 unspecified atom stereocenters. The van der Waals surface area contributed by atoms with Crippen molar-refractivity contribution in [2.45, 2.75) is 58.0 Å². The first-order valence-electron chi connectivity index (χ1n) is 7.67. The average Bonchev–Trinajstić information content (AvgIpc) is 2.37. The second-order valence-electron chi connectivity index (χ2n) is 6.51. The van der Waals surface area contributed by atoms with Gasteiger partial charge in [-0.2, -0.15) is 0 Å². The Balaban J connectivity index is 1.74. The number of nitrogens with one attached hydrogen (secondary N) is 1. The molecule has 1 aliphatic heterocycles. The van der Waals surface area contributed by atoms with E-state index in [1.54, 1.807) is 0 Å². The summed E-state index contributed by atoms with van der Waals surface area (Å²) in [7, 11) is 1.46. The van der Waals surface area contributed by atoms with Crippen LogP contribution in [0.15, 0.2) is 0 Å². The molecule has 4 heteroatoms. The summed E-state index contributed by atoms with van der Waals surface area (Å²) < 4.78 is 4.77. The summed E-state index contributed by atoms with van der Waals surface area (Å²) >= 11 is 0. The number of likely N-dealkylation sites (tertiary alicyclic amines) is 1. The molecular formula is C15H28N2O2. The Morgan fingerprint density at radius 2 is 1.63 bits per heavy atom. The van der Waals surface area contributed by atoms with Gasteiger partial charge in [-0.1, -0.05) is 13.8 Å². The maximum absolute atomic E-state index is 11.4. The lowest BCUT2D eigenvalue weighted by molar-refractivity contribution is 0.106. The van der Waals surface area contributed by atoms with E-state index in [4.69, 9.17) is 4.74 Å². The molecule has 110 valence electrons. The second-order valence-corrected chi connectivity index (χ2v) is 6.51. The van der Waals surface area contributed by atoms with E-state index >= 15 is 0 Å². The summed E-state index contributed by atoms with van der Waals surface area (Å²) in [5.74, 6) is 1.69. The van der Waals surface area contributed by atoms with Crippen LogP contribution >= 0.6 is 0 Å². The van der Waals surface area contributed by atoms with Gasteiger partial charge in [-0.3, -0.25) is 0 Å². The molecule has 1 heterocycles. The number of methoxy groups -OCH3 is 1. The molecule has 1 saturated carbocycles. The third-order valence-electron chi connectivity index (χ3n) is 4.58. The fourth-order valence-electron chi connectivity index (χ4n) is 3.77. The molecule has 0 radical (unpaired) electrons. The summed E-state index contributed by atoms with van der Waals surface area (Å²) in [5.41, 5.74) is 0. The number of rotatable bonds is 2. The number of piperidine rings is 1. The van der Waals surface area contributed by atoms with Crippen molar-refractivity contribution in [2.24, 2.45) is 11.8 Å². The van der Waals surface area contributed by atoms with E-state index in [1.165, 1.54) is 26.4 Å². The summed E-state index contributed by atoms with van der Waals surface area (Å²) in [4.78, 5) is 13.2. The molecule has 2 atom stereocenters. The minimum atomic E-state index is -0.182. The number of amides is 1. The van der Waals surface area contributed by atoms with Gasteiger partial charge in [-0.25, -0.2) is 4.79 Å². The van der Waals surface area contributed by atoms with Crippen molar-refractivity contribution in [3.05, 3.63) is 0 Å². The Morgan fingerprint density at radius 3 is 2.16 bits per heavy atom. The molecule has 4 nitrogen and oxygen atoms in total. The third kappa shape index (κ3) is 4.10. The quantitative estimate of drug-likeness (QED) is 0.837. The van der Waals surface area contributed by atoms with Gasteiger partial charge >= 0.3 is 6.09 Å². The van der Waals surface area contributed by atoms with Crippen LogP contribution in [0.4, 0.5) is 4.79 Å². The highest BCUT2D eigenvalue weighted by molar-refractivity contribution is 5.67. The van der Waals surface area contributed by atoms with Gasteiger partial charge in [-0.05, 0) is 43.9 Å². The normalized spacial score (nSPS) is 33.2. The van der Waals surface area contributed by atoms with Crippen LogP contribution in [0.1, 0.15) is 46.0 Å². The van der Waals surface area contributed by atoms with Crippen molar-refractivity contribution >= 4 is 6.09 Å². The van der Waals surface area contributed by atoms with Gasteiger partial charge in [0.1, 0.15) is 0 Å². The van der Waals surface area contributed by atoms with Crippen LogP contribution in [0.5, 0.6) is 0 Å². The van der Waals surface area contributed by atoms with Gasteiger partial charge < -0.3 is 15.0 Å². The molecule has 2 aliphatic rings. The van der Waals surface area contributed by atoms with Crippen molar-refractivity contribution in [1.29, 1.82) is 0 Å². The first-order chi connectivity index (χ1) is 9.08. The lowest BCUT2D eigenvalue weighted by Gasteiger charge is -2.37. The molecule has 0 aromatic heterocycles. The largest absolute Gasteiger partial charge is 0.453 e. The topological polar surface area (TPSA) is 41.6 Å². The fourth-order valence-corrected chi connectivity index (χ4v) is 3.77. The minimum Gasteiger partial charge on any atom is -0.453 e. The van der Waals surface area contributed by atoms with E-state index in [0.717, 1.165) is 37.8 Å². The molecule has 1 saturated heterocycles. The van der Waals surface area contributed by atoms with E-state index in [9.17, 15) is 4.79 Å². The molecule has 0 bridgehead atoms. The number of hydrogen-bond acceptors (Lipinski definition) is 3. The molecule has 1 N–H and O–H groups in total. The first-order valence-corrected chi connectivity index (χ1v) is 7.67. The van der Waals surface area contributed by atoms with E-state index in [-0.39, 0.29) is 6.09 Å². The second kappa shape index (κ2) is 6.60. The van der Waals surface area contributed by atoms with Crippen LogP contribution in [0.3, 0.4) is 0 Å². The Kier molecular flexibility index (Phi) is 5.08.